The molecular formula is C29H26N4O4S. The van der Waals surface area contributed by atoms with Gasteiger partial charge in [0, 0.05) is 17.7 Å². The van der Waals surface area contributed by atoms with Gasteiger partial charge in [0.1, 0.15) is 34.9 Å². The average molecular weight is 527 g/mol. The van der Waals surface area contributed by atoms with E-state index in [9.17, 15) is 9.00 Å². The van der Waals surface area contributed by atoms with Gasteiger partial charge in [-0.2, -0.15) is 0 Å². The molecule has 2 aromatic heterocycles. The fourth-order valence-corrected chi connectivity index (χ4v) is 5.42. The standard InChI is InChI=1S/C29H26N4O4S/c1-19-31-26-10-6-22(16-27(26)32-19)21-7-11-28-23(15-21)18-33(12-14-37-28)29(34)20-4-8-25(9-5-20)38(35)30-17-24-3-2-13-36-24/h2-11,13,15-16,30H,12,14,17-18H2,1H3,(H,31,32). The number of imidazole rings is 1. The first kappa shape index (κ1) is 24.1. The van der Waals surface area contributed by atoms with Crippen LogP contribution in [0.15, 0.2) is 88.4 Å². The van der Waals surface area contributed by atoms with Crippen molar-refractivity contribution in [2.75, 3.05) is 13.2 Å². The zero-order valence-corrected chi connectivity index (χ0v) is 21.6. The second kappa shape index (κ2) is 10.3. The molecule has 0 bridgehead atoms. The second-order valence-electron chi connectivity index (χ2n) is 9.15. The number of aromatic nitrogens is 2. The highest BCUT2D eigenvalue weighted by Crippen LogP contribution is 2.31. The molecule has 38 heavy (non-hydrogen) atoms. The van der Waals surface area contributed by atoms with Gasteiger partial charge in [0.25, 0.3) is 5.91 Å². The van der Waals surface area contributed by atoms with Crippen LogP contribution in [0, 0.1) is 6.92 Å². The number of ether oxygens (including phenoxy) is 1. The van der Waals surface area contributed by atoms with Crippen LogP contribution in [0.5, 0.6) is 5.75 Å². The summed E-state index contributed by atoms with van der Waals surface area (Å²) in [6.07, 6.45) is 1.58. The third-order valence-electron chi connectivity index (χ3n) is 6.53. The Morgan fingerprint density at radius 3 is 2.71 bits per heavy atom. The van der Waals surface area contributed by atoms with Gasteiger partial charge < -0.3 is 19.0 Å². The van der Waals surface area contributed by atoms with E-state index in [-0.39, 0.29) is 5.91 Å². The molecule has 2 N–H and O–H groups in total. The maximum Gasteiger partial charge on any atom is 0.254 e. The Morgan fingerprint density at radius 2 is 1.89 bits per heavy atom. The molecule has 1 aliphatic rings. The zero-order chi connectivity index (χ0) is 26.1. The number of aromatic amines is 1. The molecule has 0 saturated carbocycles. The summed E-state index contributed by atoms with van der Waals surface area (Å²) in [7, 11) is -1.42. The molecule has 0 saturated heterocycles. The molecule has 0 spiro atoms. The van der Waals surface area contributed by atoms with Crippen molar-refractivity contribution in [3.05, 3.63) is 102 Å². The number of fused-ring (bicyclic) bond motifs is 2. The van der Waals surface area contributed by atoms with Gasteiger partial charge in [-0.05, 0) is 78.7 Å². The lowest BCUT2D eigenvalue weighted by Crippen LogP contribution is -2.32. The number of hydrogen-bond acceptors (Lipinski definition) is 5. The number of aryl methyl sites for hydroxylation is 1. The molecule has 0 aliphatic carbocycles. The number of rotatable bonds is 6. The molecule has 3 aromatic carbocycles. The molecule has 1 atom stereocenters. The molecule has 9 heteroatoms. The number of carbonyl (C=O) groups excluding carboxylic acids is 1. The molecular weight excluding hydrogens is 500 g/mol. The van der Waals surface area contributed by atoms with Crippen LogP contribution < -0.4 is 9.46 Å². The number of H-pyrrole nitrogens is 1. The summed E-state index contributed by atoms with van der Waals surface area (Å²) in [6.45, 7) is 3.62. The third-order valence-corrected chi connectivity index (χ3v) is 7.64. The first-order chi connectivity index (χ1) is 18.5. The molecule has 1 aliphatic heterocycles. The van der Waals surface area contributed by atoms with Crippen LogP contribution in [-0.2, 0) is 24.1 Å². The van der Waals surface area contributed by atoms with Gasteiger partial charge in [0.15, 0.2) is 0 Å². The zero-order valence-electron chi connectivity index (χ0n) is 20.8. The van der Waals surface area contributed by atoms with Crippen molar-refractivity contribution in [3.8, 4) is 16.9 Å². The molecule has 8 nitrogen and oxygen atoms in total. The molecule has 0 radical (unpaired) electrons. The first-order valence-corrected chi connectivity index (χ1v) is 13.5. The Balaban J connectivity index is 1.18. The summed E-state index contributed by atoms with van der Waals surface area (Å²) >= 11 is 0. The normalized spacial score (nSPS) is 14.1. The number of carbonyl (C=O) groups is 1. The van der Waals surface area contributed by atoms with Crippen LogP contribution in [-0.4, -0.2) is 38.1 Å². The van der Waals surface area contributed by atoms with E-state index in [4.69, 9.17) is 9.15 Å². The molecule has 192 valence electrons. The highest BCUT2D eigenvalue weighted by molar-refractivity contribution is 7.83. The molecule has 3 heterocycles. The monoisotopic (exact) mass is 526 g/mol. The number of hydrogen-bond donors (Lipinski definition) is 2. The number of nitrogens with one attached hydrogen (secondary N) is 2. The summed E-state index contributed by atoms with van der Waals surface area (Å²) in [6, 6.07) is 22.7. The van der Waals surface area contributed by atoms with Crippen molar-refractivity contribution in [2.45, 2.75) is 24.9 Å². The lowest BCUT2D eigenvalue weighted by atomic mass is 10.0. The van der Waals surface area contributed by atoms with Gasteiger partial charge >= 0.3 is 0 Å². The predicted octanol–water partition coefficient (Wildman–Crippen LogP) is 4.98. The largest absolute Gasteiger partial charge is 0.491 e. The van der Waals surface area contributed by atoms with Crippen molar-refractivity contribution in [3.63, 3.8) is 0 Å². The van der Waals surface area contributed by atoms with E-state index in [0.717, 1.165) is 39.3 Å². The van der Waals surface area contributed by atoms with Crippen molar-refractivity contribution >= 4 is 27.9 Å². The Hall–Kier alpha value is -4.21. The van der Waals surface area contributed by atoms with E-state index >= 15 is 0 Å². The highest BCUT2D eigenvalue weighted by Gasteiger charge is 2.22. The SMILES string of the molecule is Cc1nc2ccc(-c3ccc4c(c3)CN(C(=O)c3ccc(S(=O)NCc5ccco5)cc3)CCO4)cc2[nH]1. The van der Waals surface area contributed by atoms with Crippen LogP contribution in [0.4, 0.5) is 0 Å². The van der Waals surface area contributed by atoms with Crippen LogP contribution in [0.3, 0.4) is 0 Å². The van der Waals surface area contributed by atoms with E-state index in [1.54, 1.807) is 41.5 Å². The number of benzene rings is 3. The smallest absolute Gasteiger partial charge is 0.254 e. The van der Waals surface area contributed by atoms with Gasteiger partial charge in [-0.1, -0.05) is 12.1 Å². The molecule has 0 fully saturated rings. The Kier molecular flexibility index (Phi) is 6.53. The Labute approximate surface area is 222 Å². The molecule has 1 amide bonds. The topological polar surface area (TPSA) is 100 Å². The first-order valence-electron chi connectivity index (χ1n) is 12.3. The minimum atomic E-state index is -1.42. The fraction of sp³-hybridized carbons (Fsp3) is 0.172. The van der Waals surface area contributed by atoms with Gasteiger partial charge in [0.2, 0.25) is 0 Å². The summed E-state index contributed by atoms with van der Waals surface area (Å²) in [4.78, 5) is 23.5. The van der Waals surface area contributed by atoms with E-state index in [1.165, 1.54) is 0 Å². The Morgan fingerprint density at radius 1 is 1.08 bits per heavy atom. The van der Waals surface area contributed by atoms with E-state index in [1.807, 2.05) is 31.2 Å². The molecule has 6 rings (SSSR count). The van der Waals surface area contributed by atoms with Crippen molar-refractivity contribution in [1.82, 2.24) is 19.6 Å². The number of nitrogens with zero attached hydrogens (tertiary/aromatic N) is 2. The number of furan rings is 1. The fourth-order valence-electron chi connectivity index (χ4n) is 4.60. The molecule has 5 aromatic rings. The van der Waals surface area contributed by atoms with Crippen molar-refractivity contribution in [2.24, 2.45) is 0 Å². The van der Waals surface area contributed by atoms with E-state index in [2.05, 4.69) is 32.9 Å². The lowest BCUT2D eigenvalue weighted by Gasteiger charge is -2.20. The number of amides is 1. The lowest BCUT2D eigenvalue weighted by molar-refractivity contribution is 0.0733. The highest BCUT2D eigenvalue weighted by atomic mass is 32.2. The second-order valence-corrected chi connectivity index (χ2v) is 10.4. The quantitative estimate of drug-likeness (QED) is 0.325. The predicted molar refractivity (Wildman–Crippen MR) is 145 cm³/mol. The van der Waals surface area contributed by atoms with Gasteiger partial charge in [-0.15, -0.1) is 0 Å². The van der Waals surface area contributed by atoms with Crippen molar-refractivity contribution < 1.29 is 18.2 Å². The summed E-state index contributed by atoms with van der Waals surface area (Å²) in [5.74, 6) is 2.28. The molecule has 1 unspecified atom stereocenters. The van der Waals surface area contributed by atoms with E-state index in [0.29, 0.717) is 42.5 Å². The minimum Gasteiger partial charge on any atom is -0.491 e. The van der Waals surface area contributed by atoms with Crippen LogP contribution >= 0.6 is 0 Å². The average Bonchev–Trinajstić information content (AvgIpc) is 3.54. The van der Waals surface area contributed by atoms with Crippen LogP contribution in [0.25, 0.3) is 22.2 Å². The van der Waals surface area contributed by atoms with Crippen LogP contribution in [0.1, 0.15) is 27.5 Å². The maximum absolute atomic E-state index is 13.4. The Bertz CT molecular complexity index is 1630. The van der Waals surface area contributed by atoms with Gasteiger partial charge in [-0.3, -0.25) is 4.79 Å². The summed E-state index contributed by atoms with van der Waals surface area (Å²) in [5.41, 5.74) is 5.53. The summed E-state index contributed by atoms with van der Waals surface area (Å²) < 4.78 is 26.7. The van der Waals surface area contributed by atoms with Crippen molar-refractivity contribution in [1.29, 1.82) is 0 Å². The minimum absolute atomic E-state index is 0.0953. The maximum atomic E-state index is 13.4. The van der Waals surface area contributed by atoms with Gasteiger partial charge in [-0.25, -0.2) is 13.9 Å². The summed E-state index contributed by atoms with van der Waals surface area (Å²) in [5, 5.41) is 0. The van der Waals surface area contributed by atoms with E-state index < -0.39 is 11.0 Å². The van der Waals surface area contributed by atoms with Gasteiger partial charge in [0.05, 0.1) is 35.3 Å². The third kappa shape index (κ3) is 4.98. The van der Waals surface area contributed by atoms with Crippen LogP contribution in [0.2, 0.25) is 0 Å².